The predicted molar refractivity (Wildman–Crippen MR) is 66.5 cm³/mol. The van der Waals surface area contributed by atoms with Crippen LogP contribution in [0.2, 0.25) is 0 Å². The Hall–Kier alpha value is 0.532. The molecular formula is C12H27Al. The summed E-state index contributed by atoms with van der Waals surface area (Å²) in [5.41, 5.74) is 0. The first-order valence-electron chi connectivity index (χ1n) is 5.08. The van der Waals surface area contributed by atoms with E-state index in [-0.39, 0.29) is 17.4 Å². The van der Waals surface area contributed by atoms with E-state index in [2.05, 4.69) is 60.8 Å². The van der Waals surface area contributed by atoms with Crippen molar-refractivity contribution in [2.45, 2.75) is 60.8 Å². The van der Waals surface area contributed by atoms with Gasteiger partial charge in [0.1, 0.15) is 0 Å². The molecule has 0 spiro atoms. The number of unbranched alkanes of at least 4 members (excludes halogenated alkanes) is 3. The molecule has 0 aliphatic heterocycles. The topological polar surface area (TPSA) is 0 Å². The Labute approximate surface area is 97.6 Å². The zero-order valence-corrected chi connectivity index (χ0v) is 11.6. The van der Waals surface area contributed by atoms with Crippen molar-refractivity contribution >= 4 is 17.4 Å². The van der Waals surface area contributed by atoms with E-state index in [4.69, 9.17) is 0 Å². The molecule has 0 rings (SSSR count). The molecule has 0 saturated carbocycles. The summed E-state index contributed by atoms with van der Waals surface area (Å²) in [6, 6.07) is 0. The van der Waals surface area contributed by atoms with Gasteiger partial charge in [-0.1, -0.05) is 20.8 Å². The van der Waals surface area contributed by atoms with Gasteiger partial charge >= 0.3 is 17.4 Å². The van der Waals surface area contributed by atoms with Gasteiger partial charge in [0.15, 0.2) is 0 Å². The minimum atomic E-state index is 0. The average Bonchev–Trinajstić information content (AvgIpc) is 2.18. The Morgan fingerprint density at radius 1 is 0.615 bits per heavy atom. The van der Waals surface area contributed by atoms with Gasteiger partial charge in [0.25, 0.3) is 0 Å². The van der Waals surface area contributed by atoms with Crippen LogP contribution < -0.4 is 0 Å². The number of rotatable bonds is 3. The summed E-state index contributed by atoms with van der Waals surface area (Å²) in [6.07, 6.45) is 9.96. The molecule has 0 aliphatic carbocycles. The van der Waals surface area contributed by atoms with Crippen molar-refractivity contribution in [3.8, 4) is 0 Å². The maximum atomic E-state index is 2.12. The normalized spacial score (nSPS) is 6.92. The van der Waals surface area contributed by atoms with Gasteiger partial charge in [0.05, 0.1) is 0 Å². The van der Waals surface area contributed by atoms with E-state index in [1.807, 2.05) is 0 Å². The van der Waals surface area contributed by atoms with Crippen molar-refractivity contribution in [2.24, 2.45) is 0 Å². The van der Waals surface area contributed by atoms with Crippen LogP contribution in [-0.4, -0.2) is 17.4 Å². The minimum Gasteiger partial charge on any atom is -0.332 e. The largest absolute Gasteiger partial charge is 3.00 e. The van der Waals surface area contributed by atoms with Crippen LogP contribution in [0.1, 0.15) is 60.8 Å². The van der Waals surface area contributed by atoms with Crippen LogP contribution in [-0.2, 0) is 0 Å². The summed E-state index contributed by atoms with van der Waals surface area (Å²) < 4.78 is 0. The van der Waals surface area contributed by atoms with Crippen molar-refractivity contribution < 1.29 is 0 Å². The van der Waals surface area contributed by atoms with Gasteiger partial charge in [0, 0.05) is 0 Å². The fraction of sp³-hybridized carbons (Fsp3) is 0.750. The summed E-state index contributed by atoms with van der Waals surface area (Å²) in [4.78, 5) is 0. The molecule has 0 radical (unpaired) electrons. The van der Waals surface area contributed by atoms with E-state index < -0.39 is 0 Å². The van der Waals surface area contributed by atoms with Crippen LogP contribution in [0, 0.1) is 19.3 Å². The SMILES string of the molecule is C[CH-]CC.C[CH-]CC.C[CH-]CC.[Al+3]. The Kier molecular flexibility index (Phi) is 70.3. The van der Waals surface area contributed by atoms with E-state index in [9.17, 15) is 0 Å². The number of hydrogen-bond acceptors (Lipinski definition) is 0. The standard InChI is InChI=1S/3C4H9.Al/c3*1-3-4-2;/h3*3H,4H2,1-2H3;/q3*-1;+3. The van der Waals surface area contributed by atoms with Crippen LogP contribution in [0.5, 0.6) is 0 Å². The monoisotopic (exact) mass is 198 g/mol. The molecule has 0 nitrogen and oxygen atoms in total. The molecule has 78 valence electrons. The maximum absolute atomic E-state index is 2.12. The van der Waals surface area contributed by atoms with E-state index in [1.54, 1.807) is 0 Å². The van der Waals surface area contributed by atoms with Gasteiger partial charge in [-0.2, -0.15) is 40.0 Å². The predicted octanol–water partition coefficient (Wildman–Crippen LogP) is 4.48. The summed E-state index contributed by atoms with van der Waals surface area (Å²) in [5, 5.41) is 0. The van der Waals surface area contributed by atoms with Gasteiger partial charge < -0.3 is 19.3 Å². The zero-order valence-electron chi connectivity index (χ0n) is 10.4. The average molecular weight is 198 g/mol. The molecule has 0 saturated heterocycles. The molecule has 0 aliphatic rings. The second-order valence-electron chi connectivity index (χ2n) is 2.45. The molecule has 0 bridgehead atoms. The first-order chi connectivity index (χ1) is 5.74. The van der Waals surface area contributed by atoms with E-state index in [1.165, 1.54) is 19.3 Å². The molecule has 1 heteroatoms. The van der Waals surface area contributed by atoms with E-state index in [0.717, 1.165) is 0 Å². The Bertz CT molecular complexity index is 20.6. The van der Waals surface area contributed by atoms with Crippen molar-refractivity contribution in [3.05, 3.63) is 19.3 Å². The third-order valence-electron chi connectivity index (χ3n) is 1.22. The van der Waals surface area contributed by atoms with Gasteiger partial charge in [-0.15, -0.1) is 0 Å². The maximum Gasteiger partial charge on any atom is 3.00 e. The van der Waals surface area contributed by atoms with E-state index in [0.29, 0.717) is 0 Å². The molecule has 0 aromatic rings. The van der Waals surface area contributed by atoms with Crippen LogP contribution in [0.15, 0.2) is 0 Å². The Balaban J connectivity index is -0.0000000450. The second kappa shape index (κ2) is 39.1. The first-order valence-corrected chi connectivity index (χ1v) is 5.08. The molecule has 0 aromatic carbocycles. The molecular weight excluding hydrogens is 171 g/mol. The summed E-state index contributed by atoms with van der Waals surface area (Å²) in [6.45, 7) is 12.5. The van der Waals surface area contributed by atoms with Crippen LogP contribution in [0.3, 0.4) is 0 Å². The van der Waals surface area contributed by atoms with Gasteiger partial charge in [0.2, 0.25) is 0 Å². The van der Waals surface area contributed by atoms with Crippen molar-refractivity contribution in [1.29, 1.82) is 0 Å². The minimum absolute atomic E-state index is 0. The Morgan fingerprint density at radius 2 is 0.692 bits per heavy atom. The molecule has 13 heavy (non-hydrogen) atoms. The molecule has 0 fully saturated rings. The summed E-state index contributed by atoms with van der Waals surface area (Å²) in [5.74, 6) is 0. The third kappa shape index (κ3) is 111. The fourth-order valence-corrected chi connectivity index (χ4v) is 0. The van der Waals surface area contributed by atoms with Gasteiger partial charge in [-0.3, -0.25) is 0 Å². The number of hydrogen-bond donors (Lipinski definition) is 0. The smallest absolute Gasteiger partial charge is 0.332 e. The van der Waals surface area contributed by atoms with E-state index >= 15 is 0 Å². The fourth-order valence-electron chi connectivity index (χ4n) is 0. The van der Waals surface area contributed by atoms with Crippen LogP contribution in [0.4, 0.5) is 0 Å². The quantitative estimate of drug-likeness (QED) is 0.463. The van der Waals surface area contributed by atoms with Crippen molar-refractivity contribution in [1.82, 2.24) is 0 Å². The third-order valence-corrected chi connectivity index (χ3v) is 1.22. The molecule has 0 unspecified atom stereocenters. The van der Waals surface area contributed by atoms with Crippen LogP contribution >= 0.6 is 0 Å². The zero-order chi connectivity index (χ0) is 10.2. The summed E-state index contributed by atoms with van der Waals surface area (Å²) in [7, 11) is 0. The summed E-state index contributed by atoms with van der Waals surface area (Å²) >= 11 is 0. The Morgan fingerprint density at radius 3 is 0.692 bits per heavy atom. The molecule has 0 heterocycles. The molecule has 0 aromatic heterocycles. The van der Waals surface area contributed by atoms with Crippen molar-refractivity contribution in [2.75, 3.05) is 0 Å². The van der Waals surface area contributed by atoms with Gasteiger partial charge in [-0.25, -0.2) is 0 Å². The van der Waals surface area contributed by atoms with Gasteiger partial charge in [-0.05, 0) is 0 Å². The van der Waals surface area contributed by atoms with Crippen molar-refractivity contribution in [3.63, 3.8) is 0 Å². The van der Waals surface area contributed by atoms with Crippen LogP contribution in [0.25, 0.3) is 0 Å². The second-order valence-corrected chi connectivity index (χ2v) is 2.45. The molecule has 0 N–H and O–H groups in total. The molecule has 0 atom stereocenters. The molecule has 0 amide bonds. The first kappa shape index (κ1) is 23.4.